The smallest absolute Gasteiger partial charge is 0.319 e. The van der Waals surface area contributed by atoms with Gasteiger partial charge in [0.25, 0.3) is 0 Å². The highest BCUT2D eigenvalue weighted by Gasteiger charge is 2.15. The summed E-state index contributed by atoms with van der Waals surface area (Å²) in [6.07, 6.45) is 8.80. The molecule has 2 amide bonds. The lowest BCUT2D eigenvalue weighted by Crippen LogP contribution is -2.38. The van der Waals surface area contributed by atoms with Crippen molar-refractivity contribution in [1.82, 2.24) is 15.1 Å². The fourth-order valence-corrected chi connectivity index (χ4v) is 3.05. The standard InChI is InChI=1S/C17H20ClFN4O2/c18-15-8-12(19)6-7-16(15)25-11-23-10-14(9-20-23)22-17(24)21-13-4-2-1-3-5-13/h6-10,13H,1-5,11H2,(H2,21,22,24). The number of benzene rings is 1. The minimum atomic E-state index is -0.424. The molecule has 2 N–H and O–H groups in total. The number of carbonyl (C=O) groups is 1. The average Bonchev–Trinajstić information content (AvgIpc) is 3.02. The van der Waals surface area contributed by atoms with E-state index in [1.165, 1.54) is 35.5 Å². The van der Waals surface area contributed by atoms with Gasteiger partial charge in [0.2, 0.25) is 0 Å². The van der Waals surface area contributed by atoms with Gasteiger partial charge in [0.05, 0.1) is 23.1 Å². The summed E-state index contributed by atoms with van der Waals surface area (Å²) in [7, 11) is 0. The summed E-state index contributed by atoms with van der Waals surface area (Å²) in [6.45, 7) is 0.0945. The molecule has 2 aromatic rings. The fraction of sp³-hybridized carbons (Fsp3) is 0.412. The van der Waals surface area contributed by atoms with Crippen molar-refractivity contribution in [3.05, 3.63) is 41.4 Å². The Morgan fingerprint density at radius 2 is 2.16 bits per heavy atom. The second kappa shape index (κ2) is 8.20. The van der Waals surface area contributed by atoms with Crippen molar-refractivity contribution in [1.29, 1.82) is 0 Å². The van der Waals surface area contributed by atoms with Crippen molar-refractivity contribution in [2.75, 3.05) is 5.32 Å². The van der Waals surface area contributed by atoms with Crippen molar-refractivity contribution in [2.45, 2.75) is 44.9 Å². The summed E-state index contributed by atoms with van der Waals surface area (Å²) in [4.78, 5) is 12.0. The molecule has 8 heteroatoms. The zero-order chi connectivity index (χ0) is 17.6. The fourth-order valence-electron chi connectivity index (χ4n) is 2.83. The van der Waals surface area contributed by atoms with Crippen LogP contribution in [0.1, 0.15) is 32.1 Å². The number of nitrogens with one attached hydrogen (secondary N) is 2. The van der Waals surface area contributed by atoms with Crippen molar-refractivity contribution < 1.29 is 13.9 Å². The second-order valence-electron chi connectivity index (χ2n) is 6.05. The molecule has 0 radical (unpaired) electrons. The summed E-state index contributed by atoms with van der Waals surface area (Å²) in [6, 6.07) is 3.93. The van der Waals surface area contributed by atoms with Crippen LogP contribution in [0, 0.1) is 5.82 Å². The highest BCUT2D eigenvalue weighted by molar-refractivity contribution is 6.32. The number of carbonyl (C=O) groups excluding carboxylic acids is 1. The Bertz CT molecular complexity index is 731. The average molecular weight is 367 g/mol. The highest BCUT2D eigenvalue weighted by Crippen LogP contribution is 2.25. The first-order valence-electron chi connectivity index (χ1n) is 8.28. The van der Waals surface area contributed by atoms with Gasteiger partial charge in [-0.2, -0.15) is 5.10 Å². The van der Waals surface area contributed by atoms with Gasteiger partial charge in [0.15, 0.2) is 6.73 Å². The van der Waals surface area contributed by atoms with Gasteiger partial charge < -0.3 is 15.4 Å². The molecule has 0 bridgehead atoms. The molecule has 0 saturated heterocycles. The molecule has 1 aliphatic rings. The molecule has 0 spiro atoms. The third-order valence-electron chi connectivity index (χ3n) is 4.08. The maximum atomic E-state index is 13.0. The molecule has 1 heterocycles. The molecule has 6 nitrogen and oxygen atoms in total. The van der Waals surface area contributed by atoms with Gasteiger partial charge in [-0.25, -0.2) is 13.9 Å². The number of hydrogen-bond acceptors (Lipinski definition) is 3. The van der Waals surface area contributed by atoms with Crippen molar-refractivity contribution >= 4 is 23.3 Å². The van der Waals surface area contributed by atoms with Gasteiger partial charge in [-0.05, 0) is 31.0 Å². The predicted octanol–water partition coefficient (Wildman–Crippen LogP) is 4.17. The van der Waals surface area contributed by atoms with Crippen LogP contribution in [-0.2, 0) is 6.73 Å². The van der Waals surface area contributed by atoms with Crippen LogP contribution >= 0.6 is 11.6 Å². The third kappa shape index (κ3) is 5.09. The number of aromatic nitrogens is 2. The molecular weight excluding hydrogens is 347 g/mol. The van der Waals surface area contributed by atoms with Crippen molar-refractivity contribution in [3.8, 4) is 5.75 Å². The summed E-state index contributed by atoms with van der Waals surface area (Å²) >= 11 is 5.90. The topological polar surface area (TPSA) is 68.2 Å². The molecule has 1 aromatic heterocycles. The lowest BCUT2D eigenvalue weighted by Gasteiger charge is -2.22. The Hall–Kier alpha value is -2.28. The predicted molar refractivity (Wildman–Crippen MR) is 93.3 cm³/mol. The van der Waals surface area contributed by atoms with Crippen LogP contribution in [0.2, 0.25) is 5.02 Å². The van der Waals surface area contributed by atoms with E-state index in [-0.39, 0.29) is 23.8 Å². The first-order chi connectivity index (χ1) is 12.1. The second-order valence-corrected chi connectivity index (χ2v) is 6.46. The molecule has 0 aliphatic heterocycles. The monoisotopic (exact) mass is 366 g/mol. The maximum Gasteiger partial charge on any atom is 0.319 e. The number of hydrogen-bond donors (Lipinski definition) is 2. The van der Waals surface area contributed by atoms with E-state index >= 15 is 0 Å². The summed E-state index contributed by atoms with van der Waals surface area (Å²) < 4.78 is 20.0. The third-order valence-corrected chi connectivity index (χ3v) is 4.37. The molecule has 1 fully saturated rings. The van der Waals surface area contributed by atoms with Crippen LogP contribution < -0.4 is 15.4 Å². The van der Waals surface area contributed by atoms with Crippen molar-refractivity contribution in [3.63, 3.8) is 0 Å². The molecule has 1 aliphatic carbocycles. The highest BCUT2D eigenvalue weighted by atomic mass is 35.5. The Morgan fingerprint density at radius 3 is 2.92 bits per heavy atom. The Kier molecular flexibility index (Phi) is 5.75. The first-order valence-corrected chi connectivity index (χ1v) is 8.66. The quantitative estimate of drug-likeness (QED) is 0.834. The number of amides is 2. The number of nitrogens with zero attached hydrogens (tertiary/aromatic N) is 2. The number of ether oxygens (including phenoxy) is 1. The molecule has 0 unspecified atom stereocenters. The number of urea groups is 1. The van der Waals surface area contributed by atoms with E-state index in [0.29, 0.717) is 11.4 Å². The lowest BCUT2D eigenvalue weighted by molar-refractivity contribution is 0.221. The largest absolute Gasteiger partial charge is 0.470 e. The number of rotatable bonds is 5. The normalized spacial score (nSPS) is 15.0. The summed E-state index contributed by atoms with van der Waals surface area (Å²) in [5.41, 5.74) is 0.571. The van der Waals surface area contributed by atoms with E-state index in [1.54, 1.807) is 6.20 Å². The number of halogens is 2. The molecule has 1 saturated carbocycles. The van der Waals surface area contributed by atoms with E-state index in [2.05, 4.69) is 15.7 Å². The van der Waals surface area contributed by atoms with Gasteiger partial charge in [0.1, 0.15) is 11.6 Å². The summed E-state index contributed by atoms with van der Waals surface area (Å²) in [5, 5.41) is 10.0. The molecule has 25 heavy (non-hydrogen) atoms. The van der Waals surface area contributed by atoms with Gasteiger partial charge in [-0.3, -0.25) is 0 Å². The Balaban J connectivity index is 1.49. The van der Waals surface area contributed by atoms with Crippen LogP contribution in [0.5, 0.6) is 5.75 Å². The van der Waals surface area contributed by atoms with E-state index in [0.717, 1.165) is 25.7 Å². The van der Waals surface area contributed by atoms with Crippen molar-refractivity contribution in [2.24, 2.45) is 0 Å². The lowest BCUT2D eigenvalue weighted by atomic mass is 9.96. The van der Waals surface area contributed by atoms with Crippen LogP contribution in [0.3, 0.4) is 0 Å². The van der Waals surface area contributed by atoms with E-state index in [9.17, 15) is 9.18 Å². The van der Waals surface area contributed by atoms with Crippen LogP contribution in [0.25, 0.3) is 0 Å². The van der Waals surface area contributed by atoms with Crippen LogP contribution in [0.4, 0.5) is 14.9 Å². The van der Waals surface area contributed by atoms with Gasteiger partial charge >= 0.3 is 6.03 Å². The molecule has 3 rings (SSSR count). The zero-order valence-corrected chi connectivity index (χ0v) is 14.4. The van der Waals surface area contributed by atoms with Gasteiger partial charge in [0, 0.05) is 6.04 Å². The SMILES string of the molecule is O=C(Nc1cnn(COc2ccc(F)cc2Cl)c1)NC1CCCCC1. The van der Waals surface area contributed by atoms with Gasteiger partial charge in [-0.15, -0.1) is 0 Å². The summed E-state index contributed by atoms with van der Waals surface area (Å²) in [5.74, 6) is -0.0602. The van der Waals surface area contributed by atoms with Gasteiger partial charge in [-0.1, -0.05) is 30.9 Å². The molecule has 134 valence electrons. The minimum absolute atomic E-state index is 0.0945. The Labute approximate surface area is 150 Å². The van der Waals surface area contributed by atoms with Crippen LogP contribution in [0.15, 0.2) is 30.6 Å². The van der Waals surface area contributed by atoms with Crippen LogP contribution in [-0.4, -0.2) is 21.9 Å². The molecule has 1 aromatic carbocycles. The maximum absolute atomic E-state index is 13.0. The molecular formula is C17H20ClFN4O2. The zero-order valence-electron chi connectivity index (χ0n) is 13.7. The van der Waals surface area contributed by atoms with E-state index < -0.39 is 5.82 Å². The minimum Gasteiger partial charge on any atom is -0.470 e. The Morgan fingerprint density at radius 1 is 1.36 bits per heavy atom. The van der Waals surface area contributed by atoms with E-state index in [1.807, 2.05) is 0 Å². The van der Waals surface area contributed by atoms with E-state index in [4.69, 9.17) is 16.3 Å². The molecule has 0 atom stereocenters. The first kappa shape index (κ1) is 17.5. The number of anilines is 1.